The second-order valence-electron chi connectivity index (χ2n) is 5.03. The summed E-state index contributed by atoms with van der Waals surface area (Å²) >= 11 is 0. The second kappa shape index (κ2) is 9.62. The molecular formula is C17H18N2O7. The summed E-state index contributed by atoms with van der Waals surface area (Å²) in [5, 5.41) is 28.7. The minimum Gasteiger partial charge on any atom is -0.496 e. The molecule has 3 N–H and O–H groups in total. The zero-order valence-corrected chi connectivity index (χ0v) is 14.1. The first-order valence-electron chi connectivity index (χ1n) is 7.33. The Balaban J connectivity index is 0.000000487. The van der Waals surface area contributed by atoms with Crippen molar-refractivity contribution in [2.24, 2.45) is 0 Å². The number of hydrogen-bond donors (Lipinski definition) is 3. The maximum atomic E-state index is 10.7. The fraction of sp³-hybridized carbons (Fsp3) is 0.176. The third kappa shape index (κ3) is 6.11. The first-order chi connectivity index (χ1) is 12.3. The maximum Gasteiger partial charge on any atom is 0.414 e. The summed E-state index contributed by atoms with van der Waals surface area (Å²) in [7, 11) is 1.63. The van der Waals surface area contributed by atoms with Crippen molar-refractivity contribution >= 4 is 23.3 Å². The number of aryl methyl sites for hydroxylation is 1. The van der Waals surface area contributed by atoms with Crippen molar-refractivity contribution in [2.45, 2.75) is 13.5 Å². The van der Waals surface area contributed by atoms with E-state index in [0.29, 0.717) is 6.54 Å². The van der Waals surface area contributed by atoms with Crippen LogP contribution in [0.3, 0.4) is 0 Å². The van der Waals surface area contributed by atoms with Crippen LogP contribution >= 0.6 is 0 Å². The molecule has 0 fully saturated rings. The molecule has 0 atom stereocenters. The lowest BCUT2D eigenvalue weighted by molar-refractivity contribution is -0.384. The Morgan fingerprint density at radius 1 is 1.15 bits per heavy atom. The molecule has 9 nitrogen and oxygen atoms in total. The third-order valence-corrected chi connectivity index (χ3v) is 3.27. The number of benzene rings is 2. The van der Waals surface area contributed by atoms with Gasteiger partial charge in [0.1, 0.15) is 5.75 Å². The monoisotopic (exact) mass is 362 g/mol. The standard InChI is InChI=1S/C15H16N2O3.C2H2O4/c1-11-9-13(17(18)19)7-8-14(11)16-10-12-5-3-4-6-15(12)20-2;3-1(4)2(5)6/h3-9,16H,10H2,1-2H3;(H,3,4)(H,5,6). The summed E-state index contributed by atoms with van der Waals surface area (Å²) in [6, 6.07) is 12.5. The number of rotatable bonds is 5. The van der Waals surface area contributed by atoms with E-state index in [1.165, 1.54) is 6.07 Å². The molecule has 0 aliphatic rings. The van der Waals surface area contributed by atoms with Crippen molar-refractivity contribution in [3.63, 3.8) is 0 Å². The van der Waals surface area contributed by atoms with Gasteiger partial charge < -0.3 is 20.3 Å². The summed E-state index contributed by atoms with van der Waals surface area (Å²) in [5.74, 6) is -2.83. The lowest BCUT2D eigenvalue weighted by Crippen LogP contribution is -2.09. The number of para-hydroxylation sites is 1. The van der Waals surface area contributed by atoms with E-state index in [2.05, 4.69) is 5.32 Å². The summed E-state index contributed by atoms with van der Waals surface area (Å²) < 4.78 is 5.29. The number of nitro benzene ring substituents is 1. The van der Waals surface area contributed by atoms with Crippen molar-refractivity contribution in [3.8, 4) is 5.75 Å². The molecule has 0 saturated heterocycles. The number of anilines is 1. The quantitative estimate of drug-likeness (QED) is 0.419. The van der Waals surface area contributed by atoms with Crippen LogP contribution in [-0.2, 0) is 16.1 Å². The van der Waals surface area contributed by atoms with Gasteiger partial charge in [-0.1, -0.05) is 18.2 Å². The second-order valence-corrected chi connectivity index (χ2v) is 5.03. The minimum atomic E-state index is -1.82. The predicted molar refractivity (Wildman–Crippen MR) is 93.4 cm³/mol. The molecule has 0 aliphatic carbocycles. The summed E-state index contributed by atoms with van der Waals surface area (Å²) in [4.78, 5) is 28.5. The molecular weight excluding hydrogens is 344 g/mol. The first kappa shape index (κ1) is 20.4. The molecule has 138 valence electrons. The van der Waals surface area contributed by atoms with E-state index in [1.54, 1.807) is 19.2 Å². The highest BCUT2D eigenvalue weighted by atomic mass is 16.6. The van der Waals surface area contributed by atoms with Crippen LogP contribution in [0.25, 0.3) is 0 Å². The largest absolute Gasteiger partial charge is 0.496 e. The van der Waals surface area contributed by atoms with Gasteiger partial charge in [0, 0.05) is 29.9 Å². The Bertz CT molecular complexity index is 793. The van der Waals surface area contributed by atoms with Crippen molar-refractivity contribution < 1.29 is 29.5 Å². The molecule has 0 saturated carbocycles. The summed E-state index contributed by atoms with van der Waals surface area (Å²) in [6.45, 7) is 2.44. The van der Waals surface area contributed by atoms with E-state index in [1.807, 2.05) is 31.2 Å². The number of carboxylic acids is 2. The maximum absolute atomic E-state index is 10.7. The topological polar surface area (TPSA) is 139 Å². The Morgan fingerprint density at radius 3 is 2.27 bits per heavy atom. The Labute approximate surface area is 149 Å². The van der Waals surface area contributed by atoms with Gasteiger partial charge in [0.05, 0.1) is 12.0 Å². The number of nitrogens with one attached hydrogen (secondary N) is 1. The zero-order valence-electron chi connectivity index (χ0n) is 14.1. The van der Waals surface area contributed by atoms with Gasteiger partial charge in [-0.25, -0.2) is 9.59 Å². The molecule has 0 bridgehead atoms. The Hall–Kier alpha value is -3.62. The molecule has 2 aromatic rings. The first-order valence-corrected chi connectivity index (χ1v) is 7.33. The van der Waals surface area contributed by atoms with Gasteiger partial charge in [0.15, 0.2) is 0 Å². The minimum absolute atomic E-state index is 0.102. The van der Waals surface area contributed by atoms with Crippen LogP contribution in [0.1, 0.15) is 11.1 Å². The average molecular weight is 362 g/mol. The van der Waals surface area contributed by atoms with E-state index in [0.717, 1.165) is 22.6 Å². The lowest BCUT2D eigenvalue weighted by Gasteiger charge is -2.12. The van der Waals surface area contributed by atoms with Crippen LogP contribution < -0.4 is 10.1 Å². The van der Waals surface area contributed by atoms with Crippen LogP contribution in [0.4, 0.5) is 11.4 Å². The number of ether oxygens (including phenoxy) is 1. The van der Waals surface area contributed by atoms with Crippen LogP contribution in [-0.4, -0.2) is 34.2 Å². The fourth-order valence-electron chi connectivity index (χ4n) is 2.00. The molecule has 0 unspecified atom stereocenters. The van der Waals surface area contributed by atoms with Gasteiger partial charge in [0.2, 0.25) is 0 Å². The van der Waals surface area contributed by atoms with Crippen LogP contribution in [0.15, 0.2) is 42.5 Å². The molecule has 0 aliphatic heterocycles. The Kier molecular flexibility index (Phi) is 7.56. The van der Waals surface area contributed by atoms with E-state index < -0.39 is 16.9 Å². The number of non-ortho nitro benzene ring substituents is 1. The smallest absolute Gasteiger partial charge is 0.414 e. The van der Waals surface area contributed by atoms with Crippen LogP contribution in [0, 0.1) is 17.0 Å². The molecule has 0 heterocycles. The number of carboxylic acid groups (broad SMARTS) is 2. The fourth-order valence-corrected chi connectivity index (χ4v) is 2.00. The molecule has 0 radical (unpaired) electrons. The lowest BCUT2D eigenvalue weighted by atomic mass is 10.1. The van der Waals surface area contributed by atoms with Gasteiger partial charge in [-0.15, -0.1) is 0 Å². The predicted octanol–water partition coefficient (Wildman–Crippen LogP) is 2.68. The molecule has 0 aromatic heterocycles. The van der Waals surface area contributed by atoms with Crippen LogP contribution in [0.5, 0.6) is 5.75 Å². The number of carbonyl (C=O) groups is 2. The molecule has 9 heteroatoms. The van der Waals surface area contributed by atoms with Gasteiger partial charge in [-0.2, -0.15) is 0 Å². The van der Waals surface area contributed by atoms with Gasteiger partial charge in [-0.3, -0.25) is 10.1 Å². The third-order valence-electron chi connectivity index (χ3n) is 3.27. The molecule has 26 heavy (non-hydrogen) atoms. The summed E-state index contributed by atoms with van der Waals surface area (Å²) in [6.07, 6.45) is 0. The number of aliphatic carboxylic acids is 2. The normalized spacial score (nSPS) is 9.46. The zero-order chi connectivity index (χ0) is 19.7. The Morgan fingerprint density at radius 2 is 1.77 bits per heavy atom. The average Bonchev–Trinajstić information content (AvgIpc) is 2.61. The highest BCUT2D eigenvalue weighted by Crippen LogP contribution is 2.23. The van der Waals surface area contributed by atoms with Crippen molar-refractivity contribution in [1.29, 1.82) is 0 Å². The van der Waals surface area contributed by atoms with E-state index in [4.69, 9.17) is 24.5 Å². The highest BCUT2D eigenvalue weighted by Gasteiger charge is 2.08. The van der Waals surface area contributed by atoms with Crippen molar-refractivity contribution in [1.82, 2.24) is 0 Å². The summed E-state index contributed by atoms with van der Waals surface area (Å²) in [5.41, 5.74) is 2.86. The van der Waals surface area contributed by atoms with Crippen molar-refractivity contribution in [3.05, 3.63) is 63.7 Å². The molecule has 2 rings (SSSR count). The van der Waals surface area contributed by atoms with Gasteiger partial charge in [0.25, 0.3) is 5.69 Å². The number of methoxy groups -OCH3 is 1. The molecule has 2 aromatic carbocycles. The van der Waals surface area contributed by atoms with Crippen molar-refractivity contribution in [2.75, 3.05) is 12.4 Å². The SMILES string of the molecule is COc1ccccc1CNc1ccc([N+](=O)[O-])cc1C.O=C(O)C(=O)O. The molecule has 0 spiro atoms. The van der Waals surface area contributed by atoms with E-state index in [9.17, 15) is 10.1 Å². The van der Waals surface area contributed by atoms with E-state index in [-0.39, 0.29) is 5.69 Å². The highest BCUT2D eigenvalue weighted by molar-refractivity contribution is 6.27. The van der Waals surface area contributed by atoms with Crippen LogP contribution in [0.2, 0.25) is 0 Å². The van der Waals surface area contributed by atoms with Gasteiger partial charge >= 0.3 is 11.9 Å². The van der Waals surface area contributed by atoms with Gasteiger partial charge in [-0.05, 0) is 24.6 Å². The van der Waals surface area contributed by atoms with E-state index >= 15 is 0 Å². The molecule has 0 amide bonds. The number of nitro groups is 1. The number of hydrogen-bond acceptors (Lipinski definition) is 6. The number of nitrogens with zero attached hydrogens (tertiary/aromatic N) is 1.